The van der Waals surface area contributed by atoms with Crippen molar-refractivity contribution in [1.82, 2.24) is 9.97 Å². The number of esters is 1. The number of aromatic nitrogens is 2. The molecule has 0 bridgehead atoms. The molecule has 2 aromatic rings. The lowest BCUT2D eigenvalue weighted by atomic mass is 10.1. The van der Waals surface area contributed by atoms with Crippen molar-refractivity contribution in [3.63, 3.8) is 0 Å². The molecule has 0 radical (unpaired) electrons. The Hall–Kier alpha value is -1.62. The largest absolute Gasteiger partial charge is 0.461 e. The van der Waals surface area contributed by atoms with Crippen LogP contribution in [0.5, 0.6) is 0 Å². The summed E-state index contributed by atoms with van der Waals surface area (Å²) in [7, 11) is 0. The van der Waals surface area contributed by atoms with Gasteiger partial charge in [0.1, 0.15) is 11.5 Å². The van der Waals surface area contributed by atoms with Crippen LogP contribution in [0.25, 0.3) is 0 Å². The van der Waals surface area contributed by atoms with E-state index in [4.69, 9.17) is 4.74 Å². The Labute approximate surface area is 114 Å². The number of nitrogens with zero attached hydrogens (tertiary/aromatic N) is 1. The smallest absolute Gasteiger partial charge is 0.356 e. The molecule has 0 amide bonds. The molecule has 0 aliphatic carbocycles. The molecule has 0 unspecified atom stereocenters. The molecule has 0 atom stereocenters. The van der Waals surface area contributed by atoms with Gasteiger partial charge in [0.05, 0.1) is 12.8 Å². The quantitative estimate of drug-likeness (QED) is 0.884. The second kappa shape index (κ2) is 5.82. The third-order valence-corrected chi connectivity index (χ3v) is 2.88. The third kappa shape index (κ3) is 3.20. The molecule has 0 fully saturated rings. The van der Waals surface area contributed by atoms with Crippen LogP contribution in [-0.2, 0) is 11.2 Å². The Balaban J connectivity index is 2.09. The lowest BCUT2D eigenvalue weighted by molar-refractivity contribution is 0.0520. The Morgan fingerprint density at radius 2 is 2.33 bits per heavy atom. The van der Waals surface area contributed by atoms with Crippen LogP contribution in [0.1, 0.15) is 28.8 Å². The predicted molar refractivity (Wildman–Crippen MR) is 71.5 cm³/mol. The van der Waals surface area contributed by atoms with E-state index in [-0.39, 0.29) is 5.97 Å². The van der Waals surface area contributed by atoms with E-state index in [0.29, 0.717) is 18.7 Å². The van der Waals surface area contributed by atoms with Crippen molar-refractivity contribution in [3.05, 3.63) is 52.0 Å². The SMILES string of the molecule is CCOC(=O)c1cnc(Cc2cccc(Br)c2)[nH]1. The number of aromatic amines is 1. The molecule has 1 heterocycles. The highest BCUT2D eigenvalue weighted by atomic mass is 79.9. The summed E-state index contributed by atoms with van der Waals surface area (Å²) in [6, 6.07) is 7.97. The minimum absolute atomic E-state index is 0.360. The molecular weight excluding hydrogens is 296 g/mol. The number of carbonyl (C=O) groups is 1. The van der Waals surface area contributed by atoms with Crippen molar-refractivity contribution in [2.45, 2.75) is 13.3 Å². The van der Waals surface area contributed by atoms with Crippen molar-refractivity contribution in [2.75, 3.05) is 6.61 Å². The number of halogens is 1. The highest BCUT2D eigenvalue weighted by Crippen LogP contribution is 2.14. The van der Waals surface area contributed by atoms with Crippen LogP contribution in [-0.4, -0.2) is 22.5 Å². The van der Waals surface area contributed by atoms with Crippen LogP contribution in [0.4, 0.5) is 0 Å². The zero-order chi connectivity index (χ0) is 13.0. The van der Waals surface area contributed by atoms with Gasteiger partial charge < -0.3 is 9.72 Å². The molecule has 0 saturated carbocycles. The number of benzene rings is 1. The second-order valence-corrected chi connectivity index (χ2v) is 4.69. The van der Waals surface area contributed by atoms with Crippen LogP contribution < -0.4 is 0 Å². The first-order valence-electron chi connectivity index (χ1n) is 5.64. The highest BCUT2D eigenvalue weighted by Gasteiger charge is 2.10. The molecular formula is C13H13BrN2O2. The maximum atomic E-state index is 11.5. The van der Waals surface area contributed by atoms with Crippen LogP contribution in [0, 0.1) is 0 Å². The van der Waals surface area contributed by atoms with Crippen molar-refractivity contribution < 1.29 is 9.53 Å². The van der Waals surface area contributed by atoms with E-state index in [0.717, 1.165) is 15.9 Å². The Kier molecular flexibility index (Phi) is 4.15. The maximum Gasteiger partial charge on any atom is 0.356 e. The second-order valence-electron chi connectivity index (χ2n) is 3.77. The molecule has 0 aliphatic heterocycles. The predicted octanol–water partition coefficient (Wildman–Crippen LogP) is 2.94. The number of hydrogen-bond acceptors (Lipinski definition) is 3. The molecule has 0 spiro atoms. The minimum atomic E-state index is -0.370. The zero-order valence-corrected chi connectivity index (χ0v) is 11.5. The minimum Gasteiger partial charge on any atom is -0.461 e. The van der Waals surface area contributed by atoms with Gasteiger partial charge in [-0.2, -0.15) is 0 Å². The normalized spacial score (nSPS) is 10.3. The van der Waals surface area contributed by atoms with Gasteiger partial charge >= 0.3 is 5.97 Å². The summed E-state index contributed by atoms with van der Waals surface area (Å²) in [5.41, 5.74) is 1.51. The summed E-state index contributed by atoms with van der Waals surface area (Å²) in [5, 5.41) is 0. The maximum absolute atomic E-state index is 11.5. The van der Waals surface area contributed by atoms with Gasteiger partial charge in [-0.3, -0.25) is 0 Å². The van der Waals surface area contributed by atoms with Gasteiger partial charge in [-0.05, 0) is 24.6 Å². The van der Waals surface area contributed by atoms with Crippen LogP contribution in [0.15, 0.2) is 34.9 Å². The van der Waals surface area contributed by atoms with Crippen molar-refractivity contribution in [1.29, 1.82) is 0 Å². The van der Waals surface area contributed by atoms with E-state index >= 15 is 0 Å². The number of nitrogens with one attached hydrogen (secondary N) is 1. The number of hydrogen-bond donors (Lipinski definition) is 1. The molecule has 0 saturated heterocycles. The number of carbonyl (C=O) groups excluding carboxylic acids is 1. The standard InChI is InChI=1S/C13H13BrN2O2/c1-2-18-13(17)11-8-15-12(16-11)7-9-4-3-5-10(14)6-9/h3-6,8H,2,7H2,1H3,(H,15,16). The average molecular weight is 309 g/mol. The summed E-state index contributed by atoms with van der Waals surface area (Å²) < 4.78 is 5.92. The van der Waals surface area contributed by atoms with Crippen molar-refractivity contribution >= 4 is 21.9 Å². The molecule has 18 heavy (non-hydrogen) atoms. The van der Waals surface area contributed by atoms with E-state index in [2.05, 4.69) is 25.9 Å². The fourth-order valence-electron chi connectivity index (χ4n) is 1.61. The Morgan fingerprint density at radius 3 is 3.06 bits per heavy atom. The molecule has 1 aromatic heterocycles. The van der Waals surface area contributed by atoms with E-state index in [1.165, 1.54) is 6.20 Å². The van der Waals surface area contributed by atoms with Gasteiger partial charge in [0.15, 0.2) is 0 Å². The van der Waals surface area contributed by atoms with Gasteiger partial charge in [-0.15, -0.1) is 0 Å². The molecule has 94 valence electrons. The molecule has 4 nitrogen and oxygen atoms in total. The van der Waals surface area contributed by atoms with E-state index in [1.807, 2.05) is 24.3 Å². The van der Waals surface area contributed by atoms with E-state index in [9.17, 15) is 4.79 Å². The van der Waals surface area contributed by atoms with Gasteiger partial charge in [0.2, 0.25) is 0 Å². The first-order chi connectivity index (χ1) is 8.69. The summed E-state index contributed by atoms with van der Waals surface area (Å²) >= 11 is 3.42. The number of imidazole rings is 1. The van der Waals surface area contributed by atoms with Gasteiger partial charge in [0.25, 0.3) is 0 Å². The lowest BCUT2D eigenvalue weighted by Crippen LogP contribution is -2.05. The fraction of sp³-hybridized carbons (Fsp3) is 0.231. The summed E-state index contributed by atoms with van der Waals surface area (Å²) in [6.45, 7) is 2.13. The molecule has 5 heteroatoms. The summed E-state index contributed by atoms with van der Waals surface area (Å²) in [6.07, 6.45) is 2.16. The highest BCUT2D eigenvalue weighted by molar-refractivity contribution is 9.10. The average Bonchev–Trinajstić information content (AvgIpc) is 2.78. The molecule has 1 aromatic carbocycles. The van der Waals surface area contributed by atoms with Gasteiger partial charge in [-0.1, -0.05) is 28.1 Å². The van der Waals surface area contributed by atoms with Crippen LogP contribution in [0.2, 0.25) is 0 Å². The van der Waals surface area contributed by atoms with Crippen LogP contribution in [0.3, 0.4) is 0 Å². The van der Waals surface area contributed by atoms with Gasteiger partial charge in [0, 0.05) is 10.9 Å². The topological polar surface area (TPSA) is 55.0 Å². The van der Waals surface area contributed by atoms with Crippen molar-refractivity contribution in [2.24, 2.45) is 0 Å². The van der Waals surface area contributed by atoms with Crippen LogP contribution >= 0.6 is 15.9 Å². The molecule has 0 aliphatic rings. The number of rotatable bonds is 4. The molecule has 2 rings (SSSR count). The Morgan fingerprint density at radius 1 is 1.50 bits per heavy atom. The summed E-state index contributed by atoms with van der Waals surface area (Å²) in [4.78, 5) is 18.6. The van der Waals surface area contributed by atoms with Gasteiger partial charge in [-0.25, -0.2) is 9.78 Å². The monoisotopic (exact) mass is 308 g/mol. The van der Waals surface area contributed by atoms with E-state index < -0.39 is 0 Å². The first kappa shape index (κ1) is 12.8. The Bertz CT molecular complexity index is 551. The molecule has 1 N–H and O–H groups in total. The summed E-state index contributed by atoms with van der Waals surface area (Å²) in [5.74, 6) is 0.377. The zero-order valence-electron chi connectivity index (χ0n) is 9.94. The third-order valence-electron chi connectivity index (χ3n) is 2.38. The lowest BCUT2D eigenvalue weighted by Gasteiger charge is -1.99. The van der Waals surface area contributed by atoms with Crippen molar-refractivity contribution in [3.8, 4) is 0 Å². The van der Waals surface area contributed by atoms with E-state index in [1.54, 1.807) is 6.92 Å². The number of ether oxygens (including phenoxy) is 1. The fourth-order valence-corrected chi connectivity index (χ4v) is 2.05. The first-order valence-corrected chi connectivity index (χ1v) is 6.43. The number of H-pyrrole nitrogens is 1.